The van der Waals surface area contributed by atoms with Gasteiger partial charge >= 0.3 is 0 Å². The molecule has 0 saturated heterocycles. The third-order valence-electron chi connectivity index (χ3n) is 2.14. The van der Waals surface area contributed by atoms with Crippen LogP contribution < -0.4 is 0 Å². The normalized spacial score (nSPS) is 10.4. The van der Waals surface area contributed by atoms with Crippen LogP contribution in [-0.2, 0) is 0 Å². The van der Waals surface area contributed by atoms with Gasteiger partial charge in [-0.3, -0.25) is 0 Å². The van der Waals surface area contributed by atoms with Gasteiger partial charge in [0.1, 0.15) is 10.9 Å². The number of hydrogen-bond acceptors (Lipinski definition) is 3. The average Bonchev–Trinajstić information content (AvgIpc) is 2.58. The van der Waals surface area contributed by atoms with E-state index in [-0.39, 0.29) is 0 Å². The molecule has 1 aromatic heterocycles. The van der Waals surface area contributed by atoms with Gasteiger partial charge in [-0.25, -0.2) is 0 Å². The highest BCUT2D eigenvalue weighted by Gasteiger charge is 2.04. The van der Waals surface area contributed by atoms with E-state index in [0.717, 1.165) is 4.88 Å². The van der Waals surface area contributed by atoms with Crippen molar-refractivity contribution in [3.8, 4) is 6.07 Å². The third kappa shape index (κ3) is 1.52. The van der Waals surface area contributed by atoms with E-state index < -0.39 is 0 Å². The molecule has 1 nitrogen and oxygen atoms in total. The molecule has 1 heterocycles. The van der Waals surface area contributed by atoms with E-state index in [1.54, 1.807) is 23.1 Å². The van der Waals surface area contributed by atoms with Crippen LogP contribution in [0.15, 0.2) is 23.1 Å². The van der Waals surface area contributed by atoms with Crippen LogP contribution in [-0.4, -0.2) is 6.26 Å². The monoisotopic (exact) mass is 219 g/mol. The molecule has 0 radical (unpaired) electrons. The molecular weight excluding hydrogens is 210 g/mol. The van der Waals surface area contributed by atoms with Gasteiger partial charge in [0.05, 0.1) is 0 Å². The number of fused-ring (bicyclic) bond motifs is 1. The number of benzene rings is 1. The minimum atomic E-state index is 0.789. The Balaban J connectivity index is 2.71. The number of thioether (sulfide) groups is 1. The Morgan fingerprint density at radius 2 is 2.14 bits per heavy atom. The van der Waals surface area contributed by atoms with E-state index in [1.165, 1.54) is 20.5 Å². The zero-order chi connectivity index (χ0) is 10.1. The summed E-state index contributed by atoms with van der Waals surface area (Å²) in [6, 6.07) is 8.46. The zero-order valence-corrected chi connectivity index (χ0v) is 9.63. The van der Waals surface area contributed by atoms with Gasteiger partial charge in [0.15, 0.2) is 0 Å². The van der Waals surface area contributed by atoms with Crippen LogP contribution in [0.3, 0.4) is 0 Å². The van der Waals surface area contributed by atoms with E-state index in [4.69, 9.17) is 5.26 Å². The number of hydrogen-bond donors (Lipinski definition) is 0. The van der Waals surface area contributed by atoms with Crippen LogP contribution in [0.25, 0.3) is 10.1 Å². The number of nitrogens with zero attached hydrogens (tertiary/aromatic N) is 1. The Kier molecular flexibility index (Phi) is 2.49. The summed E-state index contributed by atoms with van der Waals surface area (Å²) in [5, 5.41) is 9.97. The molecule has 70 valence electrons. The van der Waals surface area contributed by atoms with Crippen molar-refractivity contribution in [2.45, 2.75) is 11.8 Å². The lowest BCUT2D eigenvalue weighted by Gasteiger charge is -2.01. The quantitative estimate of drug-likeness (QED) is 0.681. The van der Waals surface area contributed by atoms with Crippen LogP contribution >= 0.6 is 23.1 Å². The molecule has 0 aliphatic heterocycles. The SMILES string of the molecule is CSc1cc2sc(C#N)cc2cc1C. The summed E-state index contributed by atoms with van der Waals surface area (Å²) in [5.74, 6) is 0. The van der Waals surface area contributed by atoms with Crippen LogP contribution in [0.1, 0.15) is 10.4 Å². The van der Waals surface area contributed by atoms with Crippen molar-refractivity contribution in [1.29, 1.82) is 5.26 Å². The first kappa shape index (κ1) is 9.57. The molecule has 0 bridgehead atoms. The highest BCUT2D eigenvalue weighted by Crippen LogP contribution is 2.31. The highest BCUT2D eigenvalue weighted by molar-refractivity contribution is 7.98. The van der Waals surface area contributed by atoms with Gasteiger partial charge in [-0.2, -0.15) is 5.26 Å². The first-order valence-electron chi connectivity index (χ1n) is 4.23. The molecule has 0 unspecified atom stereocenters. The number of rotatable bonds is 1. The molecule has 0 atom stereocenters. The molecule has 2 rings (SSSR count). The van der Waals surface area contributed by atoms with E-state index in [0.29, 0.717) is 0 Å². The maximum Gasteiger partial charge on any atom is 0.110 e. The number of nitriles is 1. The number of aryl methyl sites for hydroxylation is 1. The molecule has 3 heteroatoms. The maximum atomic E-state index is 8.79. The fourth-order valence-electron chi connectivity index (χ4n) is 1.46. The number of thiophene rings is 1. The van der Waals surface area contributed by atoms with Crippen molar-refractivity contribution >= 4 is 33.2 Å². The molecular formula is C11H9NS2. The molecule has 0 aliphatic rings. The van der Waals surface area contributed by atoms with Gasteiger partial charge in [-0.1, -0.05) is 0 Å². The van der Waals surface area contributed by atoms with Gasteiger partial charge in [-0.15, -0.1) is 23.1 Å². The molecule has 0 saturated carbocycles. The molecule has 2 aromatic rings. The Hall–Kier alpha value is -0.980. The largest absolute Gasteiger partial charge is 0.192 e. The maximum absolute atomic E-state index is 8.79. The Bertz CT molecular complexity index is 520. The van der Waals surface area contributed by atoms with Crippen molar-refractivity contribution < 1.29 is 0 Å². The van der Waals surface area contributed by atoms with Crippen LogP contribution in [0, 0.1) is 18.3 Å². The fourth-order valence-corrected chi connectivity index (χ4v) is 3.03. The highest BCUT2D eigenvalue weighted by atomic mass is 32.2. The second-order valence-corrected chi connectivity index (χ2v) is 5.01. The van der Waals surface area contributed by atoms with Gasteiger partial charge in [0.25, 0.3) is 0 Å². The lowest BCUT2D eigenvalue weighted by atomic mass is 10.2. The molecule has 0 aliphatic carbocycles. The van der Waals surface area contributed by atoms with Gasteiger partial charge in [0, 0.05) is 9.60 Å². The summed E-state index contributed by atoms with van der Waals surface area (Å²) >= 11 is 3.31. The summed E-state index contributed by atoms with van der Waals surface area (Å²) < 4.78 is 1.21. The fraction of sp³-hybridized carbons (Fsp3) is 0.182. The lowest BCUT2D eigenvalue weighted by Crippen LogP contribution is -1.76. The molecule has 1 aromatic carbocycles. The van der Waals surface area contributed by atoms with E-state index in [9.17, 15) is 0 Å². The van der Waals surface area contributed by atoms with E-state index in [1.807, 2.05) is 6.07 Å². The first-order chi connectivity index (χ1) is 6.74. The lowest BCUT2D eigenvalue weighted by molar-refractivity contribution is 1.34. The minimum absolute atomic E-state index is 0.789. The second-order valence-electron chi connectivity index (χ2n) is 3.08. The van der Waals surface area contributed by atoms with Crippen LogP contribution in [0.5, 0.6) is 0 Å². The molecule has 0 fully saturated rings. The molecule has 0 N–H and O–H groups in total. The Morgan fingerprint density at radius 1 is 1.36 bits per heavy atom. The van der Waals surface area contributed by atoms with Gasteiger partial charge in [-0.05, 0) is 42.3 Å². The van der Waals surface area contributed by atoms with Gasteiger partial charge in [0.2, 0.25) is 0 Å². The molecule has 0 amide bonds. The zero-order valence-electron chi connectivity index (χ0n) is 8.00. The average molecular weight is 219 g/mol. The Labute approximate surface area is 91.4 Å². The van der Waals surface area contributed by atoms with Crippen LogP contribution in [0.2, 0.25) is 0 Å². The summed E-state index contributed by atoms with van der Waals surface area (Å²) in [7, 11) is 0. The van der Waals surface area contributed by atoms with Crippen molar-refractivity contribution in [2.24, 2.45) is 0 Å². The summed E-state index contributed by atoms with van der Waals surface area (Å²) in [6.07, 6.45) is 2.08. The molecule has 14 heavy (non-hydrogen) atoms. The van der Waals surface area contributed by atoms with Crippen molar-refractivity contribution in [3.63, 3.8) is 0 Å². The smallest absolute Gasteiger partial charge is 0.110 e. The van der Waals surface area contributed by atoms with Crippen molar-refractivity contribution in [1.82, 2.24) is 0 Å². The predicted molar refractivity (Wildman–Crippen MR) is 63.1 cm³/mol. The summed E-state index contributed by atoms with van der Waals surface area (Å²) in [4.78, 5) is 2.08. The Morgan fingerprint density at radius 3 is 2.79 bits per heavy atom. The molecule has 0 spiro atoms. The van der Waals surface area contributed by atoms with E-state index >= 15 is 0 Å². The minimum Gasteiger partial charge on any atom is -0.192 e. The predicted octanol–water partition coefficient (Wildman–Crippen LogP) is 3.80. The van der Waals surface area contributed by atoms with Crippen molar-refractivity contribution in [2.75, 3.05) is 6.26 Å². The summed E-state index contributed by atoms with van der Waals surface area (Å²) in [5.41, 5.74) is 1.28. The first-order valence-corrected chi connectivity index (χ1v) is 6.27. The van der Waals surface area contributed by atoms with Crippen molar-refractivity contribution in [3.05, 3.63) is 28.6 Å². The van der Waals surface area contributed by atoms with Crippen LogP contribution in [0.4, 0.5) is 0 Å². The van der Waals surface area contributed by atoms with E-state index in [2.05, 4.69) is 31.4 Å². The second kappa shape index (κ2) is 3.64. The topological polar surface area (TPSA) is 23.8 Å². The van der Waals surface area contributed by atoms with Gasteiger partial charge < -0.3 is 0 Å². The third-order valence-corrected chi connectivity index (χ3v) is 4.03. The summed E-state index contributed by atoms with van der Waals surface area (Å²) in [6.45, 7) is 2.11. The standard InChI is InChI=1S/C11H9NS2/c1-7-3-8-4-9(6-12)14-11(8)5-10(7)13-2/h3-5H,1-2H3.